The van der Waals surface area contributed by atoms with Crippen molar-refractivity contribution in [2.24, 2.45) is 5.92 Å². The molecule has 0 bridgehead atoms. The van der Waals surface area contributed by atoms with Crippen molar-refractivity contribution in [3.05, 3.63) is 30.1 Å². The number of hydrogen-bond donors (Lipinski definition) is 1. The molecule has 118 valence electrons. The zero-order valence-electron chi connectivity index (χ0n) is 13.9. The predicted molar refractivity (Wildman–Crippen MR) is 88.4 cm³/mol. The summed E-state index contributed by atoms with van der Waals surface area (Å²) in [4.78, 5) is 9.50. The smallest absolute Gasteiger partial charge is 0.0570 e. The number of piperazine rings is 1. The van der Waals surface area contributed by atoms with E-state index < -0.39 is 0 Å². The summed E-state index contributed by atoms with van der Waals surface area (Å²) in [6, 6.07) is 7.03. The van der Waals surface area contributed by atoms with Crippen LogP contribution in [0.15, 0.2) is 24.4 Å². The molecule has 1 saturated heterocycles. The molecule has 1 aliphatic heterocycles. The highest BCUT2D eigenvalue weighted by Crippen LogP contribution is 2.15. The van der Waals surface area contributed by atoms with Crippen LogP contribution in [0.1, 0.15) is 32.5 Å². The molecule has 1 aromatic heterocycles. The molecule has 0 radical (unpaired) electrons. The number of pyridine rings is 1. The van der Waals surface area contributed by atoms with Gasteiger partial charge in [-0.05, 0) is 32.0 Å². The van der Waals surface area contributed by atoms with E-state index in [9.17, 15) is 0 Å². The zero-order valence-corrected chi connectivity index (χ0v) is 13.9. The molecule has 1 aromatic rings. The largest absolute Gasteiger partial charge is 0.307 e. The van der Waals surface area contributed by atoms with E-state index in [0.717, 1.165) is 12.2 Å². The van der Waals surface area contributed by atoms with Gasteiger partial charge in [0.05, 0.1) is 5.69 Å². The second kappa shape index (κ2) is 7.87. The molecule has 1 N–H and O–H groups in total. The molecule has 0 saturated carbocycles. The monoisotopic (exact) mass is 290 g/mol. The van der Waals surface area contributed by atoms with Crippen LogP contribution in [-0.4, -0.2) is 60.6 Å². The van der Waals surface area contributed by atoms with Crippen LogP contribution in [0.3, 0.4) is 0 Å². The Bertz CT molecular complexity index is 399. The van der Waals surface area contributed by atoms with Gasteiger partial charge in [0.15, 0.2) is 0 Å². The maximum atomic E-state index is 4.44. The average Bonchev–Trinajstić information content (AvgIpc) is 2.49. The van der Waals surface area contributed by atoms with Crippen molar-refractivity contribution >= 4 is 0 Å². The molecule has 0 amide bonds. The zero-order chi connectivity index (χ0) is 15.2. The highest BCUT2D eigenvalue weighted by Gasteiger charge is 2.25. The lowest BCUT2D eigenvalue weighted by molar-refractivity contribution is 0.0862. The molecule has 2 rings (SSSR count). The first-order chi connectivity index (χ1) is 10.1. The first-order valence-corrected chi connectivity index (χ1v) is 8.15. The molecule has 0 aliphatic carbocycles. The van der Waals surface area contributed by atoms with Crippen molar-refractivity contribution in [2.75, 3.05) is 39.8 Å². The van der Waals surface area contributed by atoms with Crippen molar-refractivity contribution < 1.29 is 0 Å². The van der Waals surface area contributed by atoms with Gasteiger partial charge in [-0.1, -0.05) is 19.9 Å². The highest BCUT2D eigenvalue weighted by molar-refractivity contribution is 5.07. The van der Waals surface area contributed by atoms with E-state index in [0.29, 0.717) is 18.0 Å². The molecular formula is C17H30N4. The fourth-order valence-corrected chi connectivity index (χ4v) is 2.97. The van der Waals surface area contributed by atoms with Gasteiger partial charge in [-0.2, -0.15) is 0 Å². The molecule has 0 aromatic carbocycles. The first-order valence-electron chi connectivity index (χ1n) is 8.15. The van der Waals surface area contributed by atoms with Gasteiger partial charge < -0.3 is 10.2 Å². The summed E-state index contributed by atoms with van der Waals surface area (Å²) >= 11 is 0. The minimum absolute atomic E-state index is 0.305. The summed E-state index contributed by atoms with van der Waals surface area (Å²) in [7, 11) is 2.21. The lowest BCUT2D eigenvalue weighted by atomic mass is 10.0. The topological polar surface area (TPSA) is 31.4 Å². The lowest BCUT2D eigenvalue weighted by Crippen LogP contribution is -2.53. The first kappa shape index (κ1) is 16.4. The Kier molecular flexibility index (Phi) is 6.15. The van der Waals surface area contributed by atoms with Gasteiger partial charge in [0.1, 0.15) is 0 Å². The highest BCUT2D eigenvalue weighted by atomic mass is 15.3. The number of aromatic nitrogens is 1. The SMILES string of the molecule is CC(NCC(C(C)C)N1CCN(C)CC1)c1ccccn1. The van der Waals surface area contributed by atoms with Crippen LogP contribution in [0.4, 0.5) is 0 Å². The number of rotatable bonds is 6. The molecular weight excluding hydrogens is 260 g/mol. The van der Waals surface area contributed by atoms with Crippen LogP contribution < -0.4 is 5.32 Å². The van der Waals surface area contributed by atoms with Crippen molar-refractivity contribution in [3.63, 3.8) is 0 Å². The van der Waals surface area contributed by atoms with Gasteiger partial charge in [0.25, 0.3) is 0 Å². The van der Waals surface area contributed by atoms with E-state index in [2.05, 4.69) is 60.1 Å². The Hall–Kier alpha value is -0.970. The van der Waals surface area contributed by atoms with E-state index >= 15 is 0 Å². The average molecular weight is 290 g/mol. The molecule has 0 spiro atoms. The Balaban J connectivity index is 1.88. The third kappa shape index (κ3) is 4.77. The molecule has 2 heterocycles. The molecule has 21 heavy (non-hydrogen) atoms. The second-order valence-corrected chi connectivity index (χ2v) is 6.54. The molecule has 1 fully saturated rings. The molecule has 4 nitrogen and oxygen atoms in total. The third-order valence-electron chi connectivity index (χ3n) is 4.54. The fourth-order valence-electron chi connectivity index (χ4n) is 2.97. The van der Waals surface area contributed by atoms with Crippen LogP contribution in [0.2, 0.25) is 0 Å². The van der Waals surface area contributed by atoms with E-state index in [4.69, 9.17) is 0 Å². The van der Waals surface area contributed by atoms with Gasteiger partial charge in [-0.3, -0.25) is 9.88 Å². The standard InChI is InChI=1S/C17H30N4/c1-14(2)17(21-11-9-20(4)10-12-21)13-19-15(3)16-7-5-6-8-18-16/h5-8,14-15,17,19H,9-13H2,1-4H3. The van der Waals surface area contributed by atoms with E-state index in [1.165, 1.54) is 26.2 Å². The number of likely N-dealkylation sites (N-methyl/N-ethyl adjacent to an activating group) is 1. The summed E-state index contributed by atoms with van der Waals surface area (Å²) in [5, 5.41) is 3.67. The van der Waals surface area contributed by atoms with E-state index in [-0.39, 0.29) is 0 Å². The van der Waals surface area contributed by atoms with Crippen molar-refractivity contribution in [1.82, 2.24) is 20.1 Å². The van der Waals surface area contributed by atoms with Gasteiger partial charge >= 0.3 is 0 Å². The van der Waals surface area contributed by atoms with Crippen molar-refractivity contribution in [3.8, 4) is 0 Å². The maximum absolute atomic E-state index is 4.44. The lowest BCUT2D eigenvalue weighted by Gasteiger charge is -2.40. The number of nitrogens with zero attached hydrogens (tertiary/aromatic N) is 3. The van der Waals surface area contributed by atoms with Crippen molar-refractivity contribution in [2.45, 2.75) is 32.9 Å². The number of nitrogens with one attached hydrogen (secondary N) is 1. The van der Waals surface area contributed by atoms with Crippen LogP contribution in [0.25, 0.3) is 0 Å². The van der Waals surface area contributed by atoms with Gasteiger partial charge in [-0.25, -0.2) is 0 Å². The Morgan fingerprint density at radius 1 is 1.14 bits per heavy atom. The molecule has 2 unspecified atom stereocenters. The summed E-state index contributed by atoms with van der Waals surface area (Å²) in [6.07, 6.45) is 1.87. The molecule has 4 heteroatoms. The Morgan fingerprint density at radius 3 is 2.43 bits per heavy atom. The normalized spacial score (nSPS) is 20.6. The minimum atomic E-state index is 0.305. The van der Waals surface area contributed by atoms with E-state index in [1.807, 2.05) is 12.3 Å². The third-order valence-corrected chi connectivity index (χ3v) is 4.54. The molecule has 1 aliphatic rings. The Labute approximate surface area is 129 Å². The fraction of sp³-hybridized carbons (Fsp3) is 0.706. The summed E-state index contributed by atoms with van der Waals surface area (Å²) in [5.74, 6) is 0.664. The van der Waals surface area contributed by atoms with E-state index in [1.54, 1.807) is 0 Å². The Morgan fingerprint density at radius 2 is 1.86 bits per heavy atom. The van der Waals surface area contributed by atoms with Crippen LogP contribution in [0.5, 0.6) is 0 Å². The summed E-state index contributed by atoms with van der Waals surface area (Å²) in [6.45, 7) is 12.6. The van der Waals surface area contributed by atoms with Crippen LogP contribution in [-0.2, 0) is 0 Å². The minimum Gasteiger partial charge on any atom is -0.307 e. The van der Waals surface area contributed by atoms with Gasteiger partial charge in [-0.15, -0.1) is 0 Å². The predicted octanol–water partition coefficient (Wildman–Crippen LogP) is 2.00. The van der Waals surface area contributed by atoms with Crippen LogP contribution in [0, 0.1) is 5.92 Å². The number of hydrogen-bond acceptors (Lipinski definition) is 4. The van der Waals surface area contributed by atoms with Crippen molar-refractivity contribution in [1.29, 1.82) is 0 Å². The second-order valence-electron chi connectivity index (χ2n) is 6.54. The van der Waals surface area contributed by atoms with Gasteiger partial charge in [0, 0.05) is 51.0 Å². The summed E-state index contributed by atoms with van der Waals surface area (Å²) in [5.41, 5.74) is 1.12. The van der Waals surface area contributed by atoms with Gasteiger partial charge in [0.2, 0.25) is 0 Å². The summed E-state index contributed by atoms with van der Waals surface area (Å²) < 4.78 is 0. The van der Waals surface area contributed by atoms with Crippen LogP contribution >= 0.6 is 0 Å². The quantitative estimate of drug-likeness (QED) is 0.868. The molecule has 2 atom stereocenters. The maximum Gasteiger partial charge on any atom is 0.0570 e.